The Hall–Kier alpha value is -0.260. The molecular formula is C13H24N2O2S. The topological polar surface area (TPSA) is 64.3 Å². The summed E-state index contributed by atoms with van der Waals surface area (Å²) < 4.78 is 5.49. The van der Waals surface area contributed by atoms with Crippen LogP contribution in [0.4, 0.5) is 0 Å². The molecule has 2 atom stereocenters. The van der Waals surface area contributed by atoms with Gasteiger partial charge in [0.15, 0.2) is 0 Å². The molecule has 4 nitrogen and oxygen atoms in total. The van der Waals surface area contributed by atoms with Crippen molar-refractivity contribution in [1.29, 1.82) is 0 Å². The smallest absolute Gasteiger partial charge is 0.227 e. The monoisotopic (exact) mass is 272 g/mol. The normalized spacial score (nSPS) is 31.2. The van der Waals surface area contributed by atoms with E-state index < -0.39 is 0 Å². The molecule has 2 fully saturated rings. The molecule has 3 N–H and O–H groups in total. The van der Waals surface area contributed by atoms with E-state index in [4.69, 9.17) is 10.5 Å². The zero-order chi connectivity index (χ0) is 13.0. The lowest BCUT2D eigenvalue weighted by Gasteiger charge is -2.36. The second kappa shape index (κ2) is 6.26. The molecule has 5 heteroatoms. The highest BCUT2D eigenvalue weighted by atomic mass is 32.2. The van der Waals surface area contributed by atoms with Crippen LogP contribution in [-0.2, 0) is 9.53 Å². The average Bonchev–Trinajstić information content (AvgIpc) is 2.83. The summed E-state index contributed by atoms with van der Waals surface area (Å²) >= 11 is 1.90. The molecule has 1 aliphatic heterocycles. The molecule has 0 radical (unpaired) electrons. The van der Waals surface area contributed by atoms with Gasteiger partial charge in [0, 0.05) is 17.3 Å². The van der Waals surface area contributed by atoms with Crippen LogP contribution >= 0.6 is 11.8 Å². The SMILES string of the molecule is CSC1(CNC(=O)C2COCC2N)CCCCC1. The van der Waals surface area contributed by atoms with Gasteiger partial charge in [-0.25, -0.2) is 0 Å². The van der Waals surface area contributed by atoms with Crippen molar-refractivity contribution in [3.8, 4) is 0 Å². The predicted octanol–water partition coefficient (Wildman–Crippen LogP) is 1.14. The molecule has 1 amide bonds. The maximum atomic E-state index is 12.1. The summed E-state index contributed by atoms with van der Waals surface area (Å²) in [6, 6.07) is -0.137. The highest BCUT2D eigenvalue weighted by Gasteiger charge is 2.35. The Bertz CT molecular complexity index is 293. The van der Waals surface area contributed by atoms with Gasteiger partial charge >= 0.3 is 0 Å². The second-order valence-corrected chi connectivity index (χ2v) is 6.75. The summed E-state index contributed by atoms with van der Waals surface area (Å²) in [4.78, 5) is 12.1. The van der Waals surface area contributed by atoms with Gasteiger partial charge in [-0.05, 0) is 19.1 Å². The van der Waals surface area contributed by atoms with Gasteiger partial charge in [-0.3, -0.25) is 4.79 Å². The molecule has 1 heterocycles. The van der Waals surface area contributed by atoms with E-state index in [1.165, 1.54) is 32.1 Å². The molecule has 0 bridgehead atoms. The third-order valence-electron chi connectivity index (χ3n) is 4.24. The number of nitrogens with one attached hydrogen (secondary N) is 1. The van der Waals surface area contributed by atoms with Gasteiger partial charge in [-0.1, -0.05) is 19.3 Å². The lowest BCUT2D eigenvalue weighted by Crippen LogP contribution is -2.47. The average molecular weight is 272 g/mol. The van der Waals surface area contributed by atoms with Gasteiger partial charge in [0.1, 0.15) is 0 Å². The van der Waals surface area contributed by atoms with Crippen LogP contribution in [-0.4, -0.2) is 42.7 Å². The molecule has 1 saturated carbocycles. The fraction of sp³-hybridized carbons (Fsp3) is 0.923. The highest BCUT2D eigenvalue weighted by Crippen LogP contribution is 2.38. The van der Waals surface area contributed by atoms with Crippen molar-refractivity contribution in [2.75, 3.05) is 26.0 Å². The predicted molar refractivity (Wildman–Crippen MR) is 74.6 cm³/mol. The quantitative estimate of drug-likeness (QED) is 0.805. The third kappa shape index (κ3) is 3.19. The third-order valence-corrected chi connectivity index (χ3v) is 5.66. The molecule has 0 spiro atoms. The maximum absolute atomic E-state index is 12.1. The molecule has 2 unspecified atom stereocenters. The number of carbonyl (C=O) groups excluding carboxylic acids is 1. The molecule has 0 aromatic rings. The number of hydrogen-bond donors (Lipinski definition) is 2. The largest absolute Gasteiger partial charge is 0.379 e. The van der Waals surface area contributed by atoms with Crippen LogP contribution in [0.15, 0.2) is 0 Å². The summed E-state index contributed by atoms with van der Waals surface area (Å²) in [5.74, 6) is -0.0912. The molecule has 0 aromatic carbocycles. The Morgan fingerprint density at radius 3 is 2.67 bits per heavy atom. The van der Waals surface area contributed by atoms with E-state index in [9.17, 15) is 4.79 Å². The van der Waals surface area contributed by atoms with Crippen molar-refractivity contribution in [2.45, 2.75) is 42.9 Å². The fourth-order valence-electron chi connectivity index (χ4n) is 2.87. The minimum Gasteiger partial charge on any atom is -0.379 e. The molecule has 0 aromatic heterocycles. The molecular weight excluding hydrogens is 248 g/mol. The van der Waals surface area contributed by atoms with Crippen LogP contribution < -0.4 is 11.1 Å². The first-order valence-corrected chi connectivity index (χ1v) is 8.05. The molecule has 1 saturated heterocycles. The Kier molecular flexibility index (Phi) is 4.92. The summed E-state index contributed by atoms with van der Waals surface area (Å²) in [5, 5.41) is 3.10. The first-order valence-electron chi connectivity index (χ1n) is 6.83. The minimum absolute atomic E-state index is 0.0685. The lowest BCUT2D eigenvalue weighted by molar-refractivity contribution is -0.125. The Balaban J connectivity index is 1.83. The van der Waals surface area contributed by atoms with Gasteiger partial charge in [-0.2, -0.15) is 11.8 Å². The maximum Gasteiger partial charge on any atom is 0.227 e. The number of carbonyl (C=O) groups is 1. The first kappa shape index (κ1) is 14.2. The van der Waals surface area contributed by atoms with Crippen molar-refractivity contribution in [3.63, 3.8) is 0 Å². The van der Waals surface area contributed by atoms with E-state index in [1.54, 1.807) is 0 Å². The number of amides is 1. The van der Waals surface area contributed by atoms with Crippen molar-refractivity contribution in [1.82, 2.24) is 5.32 Å². The molecule has 2 rings (SSSR count). The molecule has 18 heavy (non-hydrogen) atoms. The lowest BCUT2D eigenvalue weighted by atomic mass is 9.88. The van der Waals surface area contributed by atoms with E-state index in [1.807, 2.05) is 11.8 Å². The first-order chi connectivity index (χ1) is 8.67. The van der Waals surface area contributed by atoms with Crippen LogP contribution in [0.5, 0.6) is 0 Å². The Labute approximate surface area is 113 Å². The standard InChI is InChI=1S/C13H24N2O2S/c1-18-13(5-3-2-4-6-13)9-15-12(16)10-7-17-8-11(10)14/h10-11H,2-9,14H2,1H3,(H,15,16). The van der Waals surface area contributed by atoms with Gasteiger partial charge in [0.05, 0.1) is 19.1 Å². The van der Waals surface area contributed by atoms with E-state index in [0.717, 1.165) is 6.54 Å². The zero-order valence-electron chi connectivity index (χ0n) is 11.1. The molecule has 104 valence electrons. The minimum atomic E-state index is -0.160. The number of ether oxygens (including phenoxy) is 1. The van der Waals surface area contributed by atoms with Crippen molar-refractivity contribution < 1.29 is 9.53 Å². The van der Waals surface area contributed by atoms with Crippen LogP contribution in [0.3, 0.4) is 0 Å². The van der Waals surface area contributed by atoms with Crippen molar-refractivity contribution >= 4 is 17.7 Å². The molecule has 2 aliphatic rings. The second-order valence-electron chi connectivity index (χ2n) is 5.47. The van der Waals surface area contributed by atoms with Gasteiger partial charge in [0.25, 0.3) is 0 Å². The number of nitrogens with two attached hydrogens (primary N) is 1. The van der Waals surface area contributed by atoms with Crippen LogP contribution in [0, 0.1) is 5.92 Å². The van der Waals surface area contributed by atoms with Crippen molar-refractivity contribution in [3.05, 3.63) is 0 Å². The Morgan fingerprint density at radius 1 is 1.39 bits per heavy atom. The van der Waals surface area contributed by atoms with E-state index in [-0.39, 0.29) is 22.6 Å². The van der Waals surface area contributed by atoms with Crippen LogP contribution in [0.1, 0.15) is 32.1 Å². The molecule has 1 aliphatic carbocycles. The van der Waals surface area contributed by atoms with Crippen molar-refractivity contribution in [2.24, 2.45) is 11.7 Å². The van der Waals surface area contributed by atoms with E-state index >= 15 is 0 Å². The van der Waals surface area contributed by atoms with E-state index in [0.29, 0.717) is 13.2 Å². The van der Waals surface area contributed by atoms with Crippen LogP contribution in [0.2, 0.25) is 0 Å². The van der Waals surface area contributed by atoms with E-state index in [2.05, 4.69) is 11.6 Å². The van der Waals surface area contributed by atoms with Gasteiger partial charge < -0.3 is 15.8 Å². The fourth-order valence-corrected chi connectivity index (χ4v) is 3.78. The number of hydrogen-bond acceptors (Lipinski definition) is 4. The van der Waals surface area contributed by atoms with Crippen LogP contribution in [0.25, 0.3) is 0 Å². The number of rotatable bonds is 4. The Morgan fingerprint density at radius 2 is 2.11 bits per heavy atom. The van der Waals surface area contributed by atoms with Gasteiger partial charge in [0.2, 0.25) is 5.91 Å². The number of thioether (sulfide) groups is 1. The summed E-state index contributed by atoms with van der Waals surface area (Å²) in [6.07, 6.45) is 8.47. The summed E-state index contributed by atoms with van der Waals surface area (Å²) in [7, 11) is 0. The zero-order valence-corrected chi connectivity index (χ0v) is 11.9. The summed E-state index contributed by atoms with van der Waals surface area (Å²) in [6.45, 7) is 1.75. The highest BCUT2D eigenvalue weighted by molar-refractivity contribution is 8.00. The van der Waals surface area contributed by atoms with Gasteiger partial charge in [-0.15, -0.1) is 0 Å². The summed E-state index contributed by atoms with van der Waals surface area (Å²) in [5.41, 5.74) is 5.86.